The minimum atomic E-state index is -1.54. The van der Waals surface area contributed by atoms with Crippen molar-refractivity contribution in [2.24, 2.45) is 11.7 Å². The highest BCUT2D eigenvalue weighted by Gasteiger charge is 2.32. The number of amides is 3. The predicted molar refractivity (Wildman–Crippen MR) is 131 cm³/mol. The molecular formula is C24H36N4O9. The van der Waals surface area contributed by atoms with Gasteiger partial charge in [0.15, 0.2) is 0 Å². The molecule has 0 aliphatic carbocycles. The molecule has 0 radical (unpaired) electrons. The van der Waals surface area contributed by atoms with Gasteiger partial charge in [-0.25, -0.2) is 4.79 Å². The summed E-state index contributed by atoms with van der Waals surface area (Å²) in [4.78, 5) is 60.8. The van der Waals surface area contributed by atoms with Crippen LogP contribution in [0.1, 0.15) is 45.6 Å². The number of hydrogen-bond acceptors (Lipinski definition) is 8. The lowest BCUT2D eigenvalue weighted by Crippen LogP contribution is -2.60. The quantitative estimate of drug-likeness (QED) is 0.141. The van der Waals surface area contributed by atoms with E-state index in [0.29, 0.717) is 5.56 Å². The van der Waals surface area contributed by atoms with Gasteiger partial charge in [-0.1, -0.05) is 26.0 Å². The van der Waals surface area contributed by atoms with Gasteiger partial charge in [0.2, 0.25) is 17.7 Å². The van der Waals surface area contributed by atoms with Crippen molar-refractivity contribution >= 4 is 29.7 Å². The van der Waals surface area contributed by atoms with E-state index >= 15 is 0 Å². The van der Waals surface area contributed by atoms with Crippen molar-refractivity contribution in [3.8, 4) is 5.75 Å². The van der Waals surface area contributed by atoms with Crippen LogP contribution in [0.25, 0.3) is 0 Å². The summed E-state index contributed by atoms with van der Waals surface area (Å²) >= 11 is 0. The molecule has 1 aromatic rings. The number of carbonyl (C=O) groups is 5. The van der Waals surface area contributed by atoms with E-state index in [1.165, 1.54) is 19.1 Å². The third-order valence-corrected chi connectivity index (χ3v) is 5.39. The Bertz CT molecular complexity index is 950. The van der Waals surface area contributed by atoms with Gasteiger partial charge >= 0.3 is 11.9 Å². The first-order chi connectivity index (χ1) is 17.2. The summed E-state index contributed by atoms with van der Waals surface area (Å²) in [6, 6.07) is 0.618. The van der Waals surface area contributed by atoms with Crippen LogP contribution in [0.4, 0.5) is 0 Å². The number of rotatable bonds is 15. The van der Waals surface area contributed by atoms with Crippen molar-refractivity contribution in [2.75, 3.05) is 0 Å². The number of nitrogens with two attached hydrogens (primary N) is 1. The summed E-state index contributed by atoms with van der Waals surface area (Å²) in [5, 5.41) is 44.8. The molecule has 206 valence electrons. The molecule has 0 fully saturated rings. The van der Waals surface area contributed by atoms with Crippen LogP contribution in [0.2, 0.25) is 0 Å². The van der Waals surface area contributed by atoms with E-state index in [1.807, 2.05) is 0 Å². The summed E-state index contributed by atoms with van der Waals surface area (Å²) in [5.41, 5.74) is 6.55. The summed E-state index contributed by atoms with van der Waals surface area (Å²) < 4.78 is 0. The second-order valence-electron chi connectivity index (χ2n) is 9.23. The van der Waals surface area contributed by atoms with Crippen LogP contribution >= 0.6 is 0 Å². The smallest absolute Gasteiger partial charge is 0.326 e. The molecule has 0 spiro atoms. The van der Waals surface area contributed by atoms with Crippen LogP contribution in [-0.4, -0.2) is 80.4 Å². The van der Waals surface area contributed by atoms with Gasteiger partial charge in [-0.05, 0) is 49.8 Å². The molecule has 0 heterocycles. The molecule has 3 amide bonds. The van der Waals surface area contributed by atoms with Crippen LogP contribution in [0.15, 0.2) is 24.3 Å². The molecule has 13 nitrogen and oxygen atoms in total. The van der Waals surface area contributed by atoms with Crippen molar-refractivity contribution in [1.82, 2.24) is 16.0 Å². The highest BCUT2D eigenvalue weighted by molar-refractivity contribution is 5.94. The van der Waals surface area contributed by atoms with E-state index < -0.39 is 66.4 Å². The summed E-state index contributed by atoms with van der Waals surface area (Å²) in [5.74, 6) is -5.25. The minimum absolute atomic E-state index is 0.0352. The maximum atomic E-state index is 12.9. The maximum absolute atomic E-state index is 12.9. The zero-order valence-electron chi connectivity index (χ0n) is 21.0. The molecule has 13 heteroatoms. The molecule has 1 rings (SSSR count). The molecule has 5 unspecified atom stereocenters. The Labute approximate surface area is 214 Å². The molecule has 0 aliphatic heterocycles. The van der Waals surface area contributed by atoms with E-state index in [2.05, 4.69) is 16.0 Å². The number of carboxylic acid groups (broad SMARTS) is 2. The normalized spacial score (nSPS) is 15.1. The number of hydrogen-bond donors (Lipinski definition) is 8. The van der Waals surface area contributed by atoms with Gasteiger partial charge < -0.3 is 42.1 Å². The molecule has 5 atom stereocenters. The molecular weight excluding hydrogens is 488 g/mol. The van der Waals surface area contributed by atoms with E-state index in [4.69, 9.17) is 10.8 Å². The molecule has 37 heavy (non-hydrogen) atoms. The van der Waals surface area contributed by atoms with Gasteiger partial charge in [-0.2, -0.15) is 0 Å². The van der Waals surface area contributed by atoms with Gasteiger partial charge in [0.1, 0.15) is 23.9 Å². The lowest BCUT2D eigenvalue weighted by Gasteiger charge is -2.26. The second kappa shape index (κ2) is 14.8. The summed E-state index contributed by atoms with van der Waals surface area (Å²) in [6.45, 7) is 4.74. The molecule has 0 saturated heterocycles. The summed E-state index contributed by atoms with van der Waals surface area (Å²) in [7, 11) is 0. The fourth-order valence-corrected chi connectivity index (χ4v) is 3.41. The number of carbonyl (C=O) groups excluding carboxylic acids is 3. The third kappa shape index (κ3) is 11.3. The number of carboxylic acids is 2. The van der Waals surface area contributed by atoms with Gasteiger partial charge in [-0.3, -0.25) is 19.2 Å². The van der Waals surface area contributed by atoms with Crippen LogP contribution < -0.4 is 21.7 Å². The number of phenols is 1. The average molecular weight is 525 g/mol. The zero-order valence-corrected chi connectivity index (χ0v) is 21.0. The lowest BCUT2D eigenvalue weighted by atomic mass is 10.0. The fourth-order valence-electron chi connectivity index (χ4n) is 3.41. The molecule has 9 N–H and O–H groups in total. The van der Waals surface area contributed by atoms with Gasteiger partial charge in [0.05, 0.1) is 12.1 Å². The number of aromatic hydroxyl groups is 1. The molecule has 0 aromatic heterocycles. The Balaban J connectivity index is 2.95. The highest BCUT2D eigenvalue weighted by atomic mass is 16.4. The molecule has 1 aromatic carbocycles. The topological polar surface area (TPSA) is 228 Å². The Kier molecular flexibility index (Phi) is 12.5. The number of benzene rings is 1. The van der Waals surface area contributed by atoms with E-state index in [-0.39, 0.29) is 30.9 Å². The minimum Gasteiger partial charge on any atom is -0.508 e. The number of aliphatic hydroxyl groups is 1. The van der Waals surface area contributed by atoms with E-state index in [1.54, 1.807) is 26.0 Å². The standard InChI is InChI=1S/C24H36N4O9/c1-12(2)10-18(24(36)37)27-22(34)17(8-9-19(31)32)26-23(35)20(13(3)29)28-21(33)16(25)11-14-4-6-15(30)7-5-14/h4-7,12-13,16-18,20,29-30H,8-11,25H2,1-3H3,(H,26,35)(H,27,34)(H,28,33)(H,31,32)(H,36,37). The monoisotopic (exact) mass is 524 g/mol. The maximum Gasteiger partial charge on any atom is 0.326 e. The Hall–Kier alpha value is -3.71. The number of aliphatic hydroxyl groups excluding tert-OH is 1. The van der Waals surface area contributed by atoms with Crippen LogP contribution in [0.3, 0.4) is 0 Å². The van der Waals surface area contributed by atoms with Crippen molar-refractivity contribution in [3.63, 3.8) is 0 Å². The second-order valence-corrected chi connectivity index (χ2v) is 9.23. The van der Waals surface area contributed by atoms with Crippen molar-refractivity contribution < 1.29 is 44.4 Å². The largest absolute Gasteiger partial charge is 0.508 e. The predicted octanol–water partition coefficient (Wildman–Crippen LogP) is -0.907. The molecule has 0 bridgehead atoms. The van der Waals surface area contributed by atoms with E-state index in [9.17, 15) is 39.3 Å². The highest BCUT2D eigenvalue weighted by Crippen LogP contribution is 2.11. The van der Waals surface area contributed by atoms with E-state index in [0.717, 1.165) is 0 Å². The van der Waals surface area contributed by atoms with Crippen molar-refractivity contribution in [2.45, 2.75) is 76.7 Å². The SMILES string of the molecule is CC(C)CC(NC(=O)C(CCC(=O)O)NC(=O)C(NC(=O)C(N)Cc1ccc(O)cc1)C(C)O)C(=O)O. The number of phenolic OH excluding ortho intramolecular Hbond substituents is 1. The Morgan fingerprint density at radius 2 is 1.43 bits per heavy atom. The zero-order chi connectivity index (χ0) is 28.3. The number of aliphatic carboxylic acids is 2. The van der Waals surface area contributed by atoms with Crippen LogP contribution in [0, 0.1) is 5.92 Å². The lowest BCUT2D eigenvalue weighted by molar-refractivity contribution is -0.143. The van der Waals surface area contributed by atoms with Gasteiger partial charge in [0, 0.05) is 6.42 Å². The Morgan fingerprint density at radius 1 is 0.865 bits per heavy atom. The fraction of sp³-hybridized carbons (Fsp3) is 0.542. The molecule has 0 aliphatic rings. The van der Waals surface area contributed by atoms with Crippen LogP contribution in [0.5, 0.6) is 5.75 Å². The first-order valence-electron chi connectivity index (χ1n) is 11.8. The first-order valence-corrected chi connectivity index (χ1v) is 11.8. The first kappa shape index (κ1) is 31.3. The molecule has 0 saturated carbocycles. The average Bonchev–Trinajstić information content (AvgIpc) is 2.79. The number of nitrogens with one attached hydrogen (secondary N) is 3. The van der Waals surface area contributed by atoms with Gasteiger partial charge in [-0.15, -0.1) is 0 Å². The third-order valence-electron chi connectivity index (χ3n) is 5.39. The van der Waals surface area contributed by atoms with Crippen molar-refractivity contribution in [1.29, 1.82) is 0 Å². The van der Waals surface area contributed by atoms with Crippen molar-refractivity contribution in [3.05, 3.63) is 29.8 Å². The van der Waals surface area contributed by atoms with Gasteiger partial charge in [0.25, 0.3) is 0 Å². The van der Waals surface area contributed by atoms with Crippen LogP contribution in [-0.2, 0) is 30.4 Å². The summed E-state index contributed by atoms with van der Waals surface area (Å²) in [6.07, 6.45) is -2.12. The Morgan fingerprint density at radius 3 is 1.92 bits per heavy atom.